The normalized spacial score (nSPS) is 17.1. The molecule has 1 aromatic carbocycles. The molecule has 0 bridgehead atoms. The zero-order valence-corrected chi connectivity index (χ0v) is 18.5. The van der Waals surface area contributed by atoms with E-state index in [1.54, 1.807) is 23.9 Å². The molecule has 2 unspecified atom stereocenters. The molecule has 0 aliphatic carbocycles. The monoisotopic (exact) mass is 464 g/mol. The third kappa shape index (κ3) is 5.23. The van der Waals surface area contributed by atoms with Crippen LogP contribution in [0, 0.1) is 22.1 Å². The van der Waals surface area contributed by atoms with E-state index in [-0.39, 0.29) is 17.4 Å². The molecule has 1 amide bonds. The number of carbonyl (C=O) groups is 1. The summed E-state index contributed by atoms with van der Waals surface area (Å²) in [6.45, 7) is 0.840. The van der Waals surface area contributed by atoms with Crippen LogP contribution in [0.2, 0.25) is 0 Å². The van der Waals surface area contributed by atoms with Crippen LogP contribution in [0.25, 0.3) is 6.08 Å². The van der Waals surface area contributed by atoms with Gasteiger partial charge in [-0.2, -0.15) is 9.65 Å². The SMILES string of the molecule is Cn1cc2c(c1C(=O)Nc1cc(F)nc(C#N)c1)C=CC(COCc1ccccc1)NS2=N. The third-order valence-electron chi connectivity index (χ3n) is 4.96. The molecule has 3 heterocycles. The first-order chi connectivity index (χ1) is 15.9. The fourth-order valence-electron chi connectivity index (χ4n) is 3.47. The molecule has 2 aromatic heterocycles. The molecular weight excluding hydrogens is 443 g/mol. The second kappa shape index (κ2) is 9.87. The van der Waals surface area contributed by atoms with Crippen LogP contribution in [0.4, 0.5) is 10.1 Å². The number of nitrogens with one attached hydrogen (secondary N) is 3. The fraction of sp³-hybridized carbons (Fsp3) is 0.174. The Morgan fingerprint density at radius 1 is 1.39 bits per heavy atom. The predicted octanol–water partition coefficient (Wildman–Crippen LogP) is 3.54. The van der Waals surface area contributed by atoms with Crippen LogP contribution in [-0.2, 0) is 29.3 Å². The molecule has 4 rings (SSSR count). The quantitative estimate of drug-likeness (QED) is 0.483. The molecule has 33 heavy (non-hydrogen) atoms. The highest BCUT2D eigenvalue weighted by molar-refractivity contribution is 7.84. The number of carbonyl (C=O) groups excluding carboxylic acids is 1. The van der Waals surface area contributed by atoms with Crippen LogP contribution in [0.5, 0.6) is 0 Å². The minimum atomic E-state index is -1.08. The fourth-order valence-corrected chi connectivity index (χ4v) is 4.70. The largest absolute Gasteiger partial charge is 0.375 e. The number of nitriles is 1. The van der Waals surface area contributed by atoms with E-state index in [2.05, 4.69) is 15.0 Å². The summed E-state index contributed by atoms with van der Waals surface area (Å²) in [5.41, 5.74) is 2.00. The van der Waals surface area contributed by atoms with Gasteiger partial charge >= 0.3 is 0 Å². The van der Waals surface area contributed by atoms with Gasteiger partial charge in [0.25, 0.3) is 5.91 Å². The van der Waals surface area contributed by atoms with Crippen molar-refractivity contribution in [3.05, 3.63) is 83.2 Å². The number of benzene rings is 1. The summed E-state index contributed by atoms with van der Waals surface area (Å²) in [5.74, 6) is -1.33. The van der Waals surface area contributed by atoms with E-state index in [9.17, 15) is 9.18 Å². The lowest BCUT2D eigenvalue weighted by molar-refractivity contribution is 0.101. The Labute approximate surface area is 192 Å². The van der Waals surface area contributed by atoms with Gasteiger partial charge in [-0.15, -0.1) is 0 Å². The zero-order valence-electron chi connectivity index (χ0n) is 17.7. The molecule has 3 aromatic rings. The first-order valence-corrected chi connectivity index (χ1v) is 11.3. The van der Waals surface area contributed by atoms with E-state index in [0.29, 0.717) is 29.4 Å². The number of ether oxygens (including phenoxy) is 1. The standard InChI is InChI=1S/C23H21FN6O2S/c1-30-12-20-19(22(30)23(31)28-17-9-18(11-25)27-21(24)10-17)8-7-16(29-33(20)26)14-32-13-15-5-3-2-4-6-15/h2-10,12,16H,13-14H2,1H3,(H2,26,29)(H,27,28,31). The number of fused-ring (bicyclic) bond motifs is 1. The van der Waals surface area contributed by atoms with Crippen molar-refractivity contribution in [1.29, 1.82) is 10.0 Å². The van der Waals surface area contributed by atoms with Crippen LogP contribution in [0.3, 0.4) is 0 Å². The van der Waals surface area contributed by atoms with Crippen molar-refractivity contribution < 1.29 is 13.9 Å². The Morgan fingerprint density at radius 2 is 2.18 bits per heavy atom. The van der Waals surface area contributed by atoms with E-state index in [0.717, 1.165) is 11.6 Å². The molecule has 3 N–H and O–H groups in total. The summed E-state index contributed by atoms with van der Waals surface area (Å²) in [5, 5.41) is 11.6. The Balaban J connectivity index is 1.51. The van der Waals surface area contributed by atoms with Crippen molar-refractivity contribution in [2.45, 2.75) is 17.5 Å². The molecule has 0 saturated heterocycles. The van der Waals surface area contributed by atoms with Crippen LogP contribution in [-0.4, -0.2) is 28.1 Å². The molecule has 0 spiro atoms. The molecule has 168 valence electrons. The lowest BCUT2D eigenvalue weighted by Gasteiger charge is -2.14. The Hall–Kier alpha value is -3.65. The van der Waals surface area contributed by atoms with Gasteiger partial charge in [0.15, 0.2) is 0 Å². The second-order valence-electron chi connectivity index (χ2n) is 7.39. The van der Waals surface area contributed by atoms with Crippen molar-refractivity contribution in [2.24, 2.45) is 7.05 Å². The molecule has 0 fully saturated rings. The maximum absolute atomic E-state index is 13.6. The van der Waals surface area contributed by atoms with Crippen molar-refractivity contribution in [3.8, 4) is 6.07 Å². The van der Waals surface area contributed by atoms with Crippen molar-refractivity contribution in [2.75, 3.05) is 11.9 Å². The van der Waals surface area contributed by atoms with E-state index in [1.165, 1.54) is 6.07 Å². The number of amides is 1. The number of hydrogen-bond acceptors (Lipinski definition) is 5. The third-order valence-corrected chi connectivity index (χ3v) is 6.26. The molecular formula is C23H21FN6O2S. The summed E-state index contributed by atoms with van der Waals surface area (Å²) < 4.78 is 32.9. The lowest BCUT2D eigenvalue weighted by atomic mass is 10.1. The Morgan fingerprint density at radius 3 is 2.94 bits per heavy atom. The molecule has 2 atom stereocenters. The summed E-state index contributed by atoms with van der Waals surface area (Å²) in [7, 11) is 0.633. The summed E-state index contributed by atoms with van der Waals surface area (Å²) in [6, 6.07) is 13.7. The van der Waals surface area contributed by atoms with Gasteiger partial charge in [0.1, 0.15) is 17.5 Å². The van der Waals surface area contributed by atoms with E-state index in [1.807, 2.05) is 42.5 Å². The van der Waals surface area contributed by atoms with E-state index in [4.69, 9.17) is 14.8 Å². The number of nitrogens with zero attached hydrogens (tertiary/aromatic N) is 3. The van der Waals surface area contributed by atoms with Crippen LogP contribution < -0.4 is 10.0 Å². The van der Waals surface area contributed by atoms with Gasteiger partial charge in [0, 0.05) is 30.6 Å². The zero-order chi connectivity index (χ0) is 23.4. The van der Waals surface area contributed by atoms with Crippen LogP contribution in [0.1, 0.15) is 27.3 Å². The molecule has 0 saturated carbocycles. The van der Waals surface area contributed by atoms with E-state index >= 15 is 0 Å². The molecule has 1 aliphatic heterocycles. The minimum absolute atomic E-state index is 0.131. The Kier molecular flexibility index (Phi) is 6.74. The number of pyridine rings is 1. The average molecular weight is 465 g/mol. The number of anilines is 1. The van der Waals surface area contributed by atoms with Gasteiger partial charge in [-0.3, -0.25) is 9.57 Å². The molecule has 8 nitrogen and oxygen atoms in total. The summed E-state index contributed by atoms with van der Waals surface area (Å²) in [4.78, 5) is 17.1. The molecule has 1 aliphatic rings. The maximum Gasteiger partial charge on any atom is 0.272 e. The van der Waals surface area contributed by atoms with Crippen molar-refractivity contribution in [3.63, 3.8) is 0 Å². The Bertz CT molecular complexity index is 1280. The number of rotatable bonds is 6. The first kappa shape index (κ1) is 22.5. The first-order valence-electron chi connectivity index (χ1n) is 10.0. The van der Waals surface area contributed by atoms with Gasteiger partial charge in [0.2, 0.25) is 5.95 Å². The van der Waals surface area contributed by atoms with Crippen molar-refractivity contribution >= 4 is 28.5 Å². The number of halogens is 1. The molecule has 0 radical (unpaired) electrons. The number of aromatic nitrogens is 2. The highest BCUT2D eigenvalue weighted by Gasteiger charge is 2.24. The predicted molar refractivity (Wildman–Crippen MR) is 123 cm³/mol. The van der Waals surface area contributed by atoms with Gasteiger partial charge in [-0.25, -0.2) is 9.71 Å². The van der Waals surface area contributed by atoms with Gasteiger partial charge < -0.3 is 14.6 Å². The highest BCUT2D eigenvalue weighted by atomic mass is 32.2. The number of hydrogen-bond donors (Lipinski definition) is 3. The van der Waals surface area contributed by atoms with Crippen LogP contribution >= 0.6 is 0 Å². The average Bonchev–Trinajstić information content (AvgIpc) is 3.06. The minimum Gasteiger partial charge on any atom is -0.375 e. The second-order valence-corrected chi connectivity index (χ2v) is 8.67. The summed E-state index contributed by atoms with van der Waals surface area (Å²) >= 11 is 0. The number of aryl methyl sites for hydroxylation is 1. The lowest BCUT2D eigenvalue weighted by Crippen LogP contribution is -2.31. The van der Waals surface area contributed by atoms with Gasteiger partial charge in [-0.05, 0) is 22.5 Å². The van der Waals surface area contributed by atoms with Gasteiger partial charge in [-0.1, -0.05) is 42.5 Å². The highest BCUT2D eigenvalue weighted by Crippen LogP contribution is 2.26. The topological polar surface area (TPSA) is 116 Å². The van der Waals surface area contributed by atoms with Crippen LogP contribution in [0.15, 0.2) is 59.6 Å². The smallest absolute Gasteiger partial charge is 0.272 e. The van der Waals surface area contributed by atoms with Gasteiger partial charge in [0.05, 0.1) is 24.2 Å². The molecule has 10 heteroatoms. The van der Waals surface area contributed by atoms with E-state index < -0.39 is 22.7 Å². The summed E-state index contributed by atoms with van der Waals surface area (Å²) in [6.07, 6.45) is 5.42. The maximum atomic E-state index is 13.6. The van der Waals surface area contributed by atoms with Crippen molar-refractivity contribution in [1.82, 2.24) is 14.3 Å².